The average Bonchev–Trinajstić information content (AvgIpc) is 2.18. The van der Waals surface area contributed by atoms with E-state index in [1.807, 2.05) is 13.8 Å². The minimum absolute atomic E-state index is 0.101. The summed E-state index contributed by atoms with van der Waals surface area (Å²) in [5.74, 6) is 0. The first kappa shape index (κ1) is 14.9. The monoisotopic (exact) mass is 217 g/mol. The predicted octanol–water partition coefficient (Wildman–Crippen LogP) is 2.51. The highest BCUT2D eigenvalue weighted by atomic mass is 16.7. The van der Waals surface area contributed by atoms with Crippen LogP contribution < -0.4 is 0 Å². The zero-order valence-corrected chi connectivity index (χ0v) is 11.2. The van der Waals surface area contributed by atoms with Gasteiger partial charge in [-0.2, -0.15) is 0 Å². The van der Waals surface area contributed by atoms with Gasteiger partial charge in [-0.25, -0.2) is 0 Å². The van der Waals surface area contributed by atoms with Gasteiger partial charge in [-0.05, 0) is 41.2 Å². The molecule has 0 amide bonds. The van der Waals surface area contributed by atoms with E-state index in [0.29, 0.717) is 13.2 Å². The van der Waals surface area contributed by atoms with Crippen LogP contribution in [0.1, 0.15) is 41.0 Å². The summed E-state index contributed by atoms with van der Waals surface area (Å²) >= 11 is 0. The fourth-order valence-electron chi connectivity index (χ4n) is 1.27. The lowest BCUT2D eigenvalue weighted by Gasteiger charge is -2.36. The maximum atomic E-state index is 5.53. The molecule has 0 aromatic rings. The fraction of sp³-hybridized carbons (Fsp3) is 1.00. The Balaban J connectivity index is 4.14. The normalized spacial score (nSPS) is 12.8. The van der Waals surface area contributed by atoms with E-state index >= 15 is 0 Å². The van der Waals surface area contributed by atoms with Crippen LogP contribution in [0.4, 0.5) is 0 Å². The van der Waals surface area contributed by atoms with Crippen LogP contribution in [-0.2, 0) is 9.47 Å². The molecule has 0 atom stereocenters. The maximum absolute atomic E-state index is 5.53. The topological polar surface area (TPSA) is 21.7 Å². The van der Waals surface area contributed by atoms with Crippen LogP contribution in [0.2, 0.25) is 0 Å². The van der Waals surface area contributed by atoms with E-state index in [2.05, 4.69) is 32.7 Å². The molecule has 0 heterocycles. The molecule has 92 valence electrons. The number of hydrogen-bond acceptors (Lipinski definition) is 3. The third kappa shape index (κ3) is 5.50. The third-order valence-corrected chi connectivity index (χ3v) is 3.03. The molecule has 15 heavy (non-hydrogen) atoms. The number of likely N-dealkylation sites (N-methyl/N-ethyl adjacent to an activating group) is 1. The van der Waals surface area contributed by atoms with Crippen molar-refractivity contribution in [3.63, 3.8) is 0 Å². The van der Waals surface area contributed by atoms with Crippen molar-refractivity contribution in [1.29, 1.82) is 0 Å². The van der Waals surface area contributed by atoms with E-state index in [9.17, 15) is 0 Å². The van der Waals surface area contributed by atoms with Gasteiger partial charge in [0.15, 0.2) is 6.29 Å². The summed E-state index contributed by atoms with van der Waals surface area (Å²) in [5, 5.41) is 0. The average molecular weight is 217 g/mol. The summed E-state index contributed by atoms with van der Waals surface area (Å²) in [6, 6.07) is 0. The summed E-state index contributed by atoms with van der Waals surface area (Å²) in [7, 11) is 2.12. The van der Waals surface area contributed by atoms with Gasteiger partial charge in [0.25, 0.3) is 0 Å². The Hall–Kier alpha value is -0.120. The van der Waals surface area contributed by atoms with E-state index in [0.717, 1.165) is 13.0 Å². The first-order valence-electron chi connectivity index (χ1n) is 5.92. The molecule has 0 rings (SSSR count). The van der Waals surface area contributed by atoms with E-state index in [1.54, 1.807) is 0 Å². The van der Waals surface area contributed by atoms with Gasteiger partial charge in [-0.1, -0.05) is 6.92 Å². The summed E-state index contributed by atoms with van der Waals surface area (Å²) in [6.45, 7) is 12.9. The Labute approximate surface area is 94.7 Å². The van der Waals surface area contributed by atoms with Crippen LogP contribution in [0.15, 0.2) is 0 Å². The summed E-state index contributed by atoms with van der Waals surface area (Å²) in [4.78, 5) is 2.29. The zero-order valence-electron chi connectivity index (χ0n) is 11.2. The molecule has 0 unspecified atom stereocenters. The lowest BCUT2D eigenvalue weighted by Crippen LogP contribution is -2.45. The summed E-state index contributed by atoms with van der Waals surface area (Å²) in [6.07, 6.45) is 1.02. The smallest absolute Gasteiger partial charge is 0.170 e. The Bertz CT molecular complexity index is 154. The zero-order chi connectivity index (χ0) is 11.9. The van der Waals surface area contributed by atoms with Crippen LogP contribution >= 0.6 is 0 Å². The molecule has 0 aromatic carbocycles. The van der Waals surface area contributed by atoms with E-state index in [-0.39, 0.29) is 11.8 Å². The molecule has 3 heteroatoms. The predicted molar refractivity (Wildman–Crippen MR) is 64.0 cm³/mol. The van der Waals surface area contributed by atoms with Gasteiger partial charge in [0, 0.05) is 25.3 Å². The highest BCUT2D eigenvalue weighted by Gasteiger charge is 2.24. The lowest BCUT2D eigenvalue weighted by atomic mass is 10.0. The van der Waals surface area contributed by atoms with Crippen LogP contribution in [0.5, 0.6) is 0 Å². The molecule has 3 nitrogen and oxygen atoms in total. The molecule has 0 aromatic heterocycles. The quantitative estimate of drug-likeness (QED) is 0.583. The largest absolute Gasteiger partial charge is 0.352 e. The Morgan fingerprint density at radius 1 is 1.07 bits per heavy atom. The Morgan fingerprint density at radius 3 is 1.87 bits per heavy atom. The second-order valence-electron chi connectivity index (χ2n) is 4.39. The first-order valence-corrected chi connectivity index (χ1v) is 5.92. The van der Waals surface area contributed by atoms with Gasteiger partial charge in [0.05, 0.1) is 0 Å². The van der Waals surface area contributed by atoms with Crippen LogP contribution in [-0.4, -0.2) is 43.5 Å². The summed E-state index contributed by atoms with van der Waals surface area (Å²) < 4.78 is 11.1. The molecule has 0 fully saturated rings. The standard InChI is InChI=1S/C12H27NO2/c1-7-12(4,5)13(6)10-11(14-8-2)15-9-3/h11H,7-10H2,1-6H3. The number of ether oxygens (including phenoxy) is 2. The minimum atomic E-state index is -0.101. The lowest BCUT2D eigenvalue weighted by molar-refractivity contribution is -0.152. The molecule has 0 aliphatic rings. The molecule has 0 aliphatic heterocycles. The molecule has 0 N–H and O–H groups in total. The van der Waals surface area contributed by atoms with Crippen molar-refractivity contribution >= 4 is 0 Å². The van der Waals surface area contributed by atoms with Gasteiger partial charge in [0.2, 0.25) is 0 Å². The van der Waals surface area contributed by atoms with Crippen LogP contribution in [0, 0.1) is 0 Å². The van der Waals surface area contributed by atoms with E-state index in [4.69, 9.17) is 9.47 Å². The van der Waals surface area contributed by atoms with Gasteiger partial charge in [0.1, 0.15) is 0 Å². The molecular formula is C12H27NO2. The van der Waals surface area contributed by atoms with Gasteiger partial charge in [-0.3, -0.25) is 4.90 Å². The van der Waals surface area contributed by atoms with Crippen LogP contribution in [0.3, 0.4) is 0 Å². The third-order valence-electron chi connectivity index (χ3n) is 3.03. The van der Waals surface area contributed by atoms with Crippen molar-refractivity contribution in [3.8, 4) is 0 Å². The molecule has 0 bridgehead atoms. The first-order chi connectivity index (χ1) is 6.97. The molecule has 0 aliphatic carbocycles. The van der Waals surface area contributed by atoms with Gasteiger partial charge >= 0.3 is 0 Å². The Kier molecular flexibility index (Phi) is 7.14. The van der Waals surface area contributed by atoms with Crippen molar-refractivity contribution in [3.05, 3.63) is 0 Å². The molecule has 0 spiro atoms. The van der Waals surface area contributed by atoms with Gasteiger partial charge in [-0.15, -0.1) is 0 Å². The van der Waals surface area contributed by atoms with E-state index in [1.165, 1.54) is 0 Å². The van der Waals surface area contributed by atoms with Crippen molar-refractivity contribution in [2.75, 3.05) is 26.8 Å². The number of rotatable bonds is 8. The molecule has 0 radical (unpaired) electrons. The minimum Gasteiger partial charge on any atom is -0.352 e. The fourth-order valence-corrected chi connectivity index (χ4v) is 1.27. The van der Waals surface area contributed by atoms with Crippen molar-refractivity contribution in [2.45, 2.75) is 52.9 Å². The number of hydrogen-bond donors (Lipinski definition) is 0. The second-order valence-corrected chi connectivity index (χ2v) is 4.39. The van der Waals surface area contributed by atoms with Crippen LogP contribution in [0.25, 0.3) is 0 Å². The Morgan fingerprint density at radius 2 is 1.53 bits per heavy atom. The molecular weight excluding hydrogens is 190 g/mol. The number of nitrogens with zero attached hydrogens (tertiary/aromatic N) is 1. The highest BCUT2D eigenvalue weighted by Crippen LogP contribution is 2.17. The summed E-state index contributed by atoms with van der Waals surface area (Å²) in [5.41, 5.74) is 0.201. The SMILES string of the molecule is CCOC(CN(C)C(C)(C)CC)OCC. The van der Waals surface area contributed by atoms with Crippen molar-refractivity contribution < 1.29 is 9.47 Å². The second kappa shape index (κ2) is 7.20. The highest BCUT2D eigenvalue weighted by molar-refractivity contribution is 4.77. The molecule has 0 saturated heterocycles. The van der Waals surface area contributed by atoms with Crippen molar-refractivity contribution in [1.82, 2.24) is 4.90 Å². The van der Waals surface area contributed by atoms with Crippen molar-refractivity contribution in [2.24, 2.45) is 0 Å². The van der Waals surface area contributed by atoms with Gasteiger partial charge < -0.3 is 9.47 Å². The maximum Gasteiger partial charge on any atom is 0.170 e. The molecule has 0 saturated carbocycles. The van der Waals surface area contributed by atoms with E-state index < -0.39 is 0 Å².